The molecule has 1 saturated heterocycles. The number of rotatable bonds is 7. The average Bonchev–Trinajstić information content (AvgIpc) is 2.78. The summed E-state index contributed by atoms with van der Waals surface area (Å²) in [5.74, 6) is 0.407. The zero-order valence-electron chi connectivity index (χ0n) is 10.8. The fourth-order valence-corrected chi connectivity index (χ4v) is 3.12. The summed E-state index contributed by atoms with van der Waals surface area (Å²) in [6.45, 7) is 2.62. The van der Waals surface area contributed by atoms with Crippen LogP contribution in [0.15, 0.2) is 0 Å². The van der Waals surface area contributed by atoms with E-state index in [4.69, 9.17) is 5.11 Å². The van der Waals surface area contributed by atoms with Gasteiger partial charge in [0.05, 0.1) is 0 Å². The Hall–Kier alpha value is -0.910. The number of nitrogens with one attached hydrogen (secondary N) is 2. The molecule has 1 rings (SSSR count). The van der Waals surface area contributed by atoms with Crippen molar-refractivity contribution in [3.8, 4) is 0 Å². The standard InChI is InChI=1S/C12H22N2O3S/c1-9(4-2-6-11(15)16)14-12(17)13-8-10-5-3-7-18-10/h9-10H,2-8H2,1H3,(H,15,16)(H2,13,14,17). The molecule has 2 atom stereocenters. The first-order valence-electron chi connectivity index (χ1n) is 6.45. The number of hydrogen-bond donors (Lipinski definition) is 3. The Morgan fingerprint density at radius 3 is 2.89 bits per heavy atom. The predicted octanol–water partition coefficient (Wildman–Crippen LogP) is 1.82. The highest BCUT2D eigenvalue weighted by molar-refractivity contribution is 8.00. The van der Waals surface area contributed by atoms with Crippen LogP contribution in [0, 0.1) is 0 Å². The Balaban J connectivity index is 2.05. The second-order valence-electron chi connectivity index (χ2n) is 4.68. The molecule has 1 fully saturated rings. The molecule has 2 unspecified atom stereocenters. The Morgan fingerprint density at radius 1 is 1.50 bits per heavy atom. The minimum absolute atomic E-state index is 0.0144. The van der Waals surface area contributed by atoms with Crippen molar-refractivity contribution in [2.24, 2.45) is 0 Å². The zero-order valence-corrected chi connectivity index (χ0v) is 11.6. The molecule has 18 heavy (non-hydrogen) atoms. The topological polar surface area (TPSA) is 78.4 Å². The van der Waals surface area contributed by atoms with Crippen LogP contribution < -0.4 is 10.6 Å². The largest absolute Gasteiger partial charge is 0.481 e. The van der Waals surface area contributed by atoms with Gasteiger partial charge >= 0.3 is 12.0 Å². The summed E-state index contributed by atoms with van der Waals surface area (Å²) in [5.41, 5.74) is 0. The second-order valence-corrected chi connectivity index (χ2v) is 6.08. The van der Waals surface area contributed by atoms with Crippen LogP contribution in [0.25, 0.3) is 0 Å². The fraction of sp³-hybridized carbons (Fsp3) is 0.833. The van der Waals surface area contributed by atoms with Gasteiger partial charge < -0.3 is 15.7 Å². The van der Waals surface area contributed by atoms with E-state index in [2.05, 4.69) is 10.6 Å². The maximum Gasteiger partial charge on any atom is 0.315 e. The van der Waals surface area contributed by atoms with Gasteiger partial charge in [0.25, 0.3) is 0 Å². The molecule has 0 spiro atoms. The van der Waals surface area contributed by atoms with E-state index in [0.717, 1.165) is 6.54 Å². The monoisotopic (exact) mass is 274 g/mol. The van der Waals surface area contributed by atoms with Gasteiger partial charge in [0.15, 0.2) is 0 Å². The van der Waals surface area contributed by atoms with E-state index in [1.54, 1.807) is 0 Å². The van der Waals surface area contributed by atoms with Crippen molar-refractivity contribution in [2.45, 2.75) is 50.3 Å². The molecular formula is C12H22N2O3S. The third kappa shape index (κ3) is 6.74. The highest BCUT2D eigenvalue weighted by atomic mass is 32.2. The van der Waals surface area contributed by atoms with E-state index in [9.17, 15) is 9.59 Å². The van der Waals surface area contributed by atoms with Gasteiger partial charge in [0.2, 0.25) is 0 Å². The molecule has 0 bridgehead atoms. The lowest BCUT2D eigenvalue weighted by molar-refractivity contribution is -0.137. The fourth-order valence-electron chi connectivity index (χ4n) is 1.92. The normalized spacial score (nSPS) is 20.4. The molecule has 5 nitrogen and oxygen atoms in total. The van der Waals surface area contributed by atoms with Gasteiger partial charge in [-0.05, 0) is 38.4 Å². The molecule has 0 aliphatic carbocycles. The lowest BCUT2D eigenvalue weighted by atomic mass is 10.1. The van der Waals surface area contributed by atoms with E-state index in [1.807, 2.05) is 18.7 Å². The van der Waals surface area contributed by atoms with Crippen LogP contribution in [0.3, 0.4) is 0 Å². The van der Waals surface area contributed by atoms with E-state index in [-0.39, 0.29) is 18.5 Å². The van der Waals surface area contributed by atoms with Gasteiger partial charge in [0, 0.05) is 24.3 Å². The first-order chi connectivity index (χ1) is 8.58. The van der Waals surface area contributed by atoms with E-state index >= 15 is 0 Å². The van der Waals surface area contributed by atoms with Crippen LogP contribution in [-0.2, 0) is 4.79 Å². The maximum atomic E-state index is 11.6. The van der Waals surface area contributed by atoms with Crippen LogP contribution in [0.5, 0.6) is 0 Å². The molecule has 0 saturated carbocycles. The summed E-state index contributed by atoms with van der Waals surface area (Å²) in [6, 6.07) is -0.133. The number of carbonyl (C=O) groups excluding carboxylic acids is 1. The Bertz CT molecular complexity index is 280. The molecule has 104 valence electrons. The molecule has 1 heterocycles. The van der Waals surface area contributed by atoms with Crippen molar-refractivity contribution in [3.05, 3.63) is 0 Å². The van der Waals surface area contributed by atoms with Crippen LogP contribution >= 0.6 is 11.8 Å². The van der Waals surface area contributed by atoms with E-state index in [0.29, 0.717) is 18.1 Å². The Labute approximate surface area is 112 Å². The van der Waals surface area contributed by atoms with Gasteiger partial charge in [-0.3, -0.25) is 4.79 Å². The van der Waals surface area contributed by atoms with Gasteiger partial charge in [-0.15, -0.1) is 0 Å². The first kappa shape index (κ1) is 15.1. The number of amides is 2. The smallest absolute Gasteiger partial charge is 0.315 e. The molecule has 0 radical (unpaired) electrons. The number of aliphatic carboxylic acids is 1. The maximum absolute atomic E-state index is 11.6. The van der Waals surface area contributed by atoms with E-state index in [1.165, 1.54) is 18.6 Å². The number of urea groups is 1. The minimum Gasteiger partial charge on any atom is -0.481 e. The quantitative estimate of drug-likeness (QED) is 0.662. The molecule has 6 heteroatoms. The molecule has 0 aromatic carbocycles. The van der Waals surface area contributed by atoms with Crippen LogP contribution in [0.2, 0.25) is 0 Å². The molecule has 3 N–H and O–H groups in total. The van der Waals surface area contributed by atoms with Gasteiger partial charge in [0.1, 0.15) is 0 Å². The summed E-state index contributed by atoms with van der Waals surface area (Å²) in [4.78, 5) is 21.9. The summed E-state index contributed by atoms with van der Waals surface area (Å²) in [5, 5.41) is 14.8. The highest BCUT2D eigenvalue weighted by Gasteiger charge is 2.16. The number of carboxylic acid groups (broad SMARTS) is 1. The lowest BCUT2D eigenvalue weighted by Crippen LogP contribution is -2.42. The van der Waals surface area contributed by atoms with Crippen molar-refractivity contribution in [3.63, 3.8) is 0 Å². The predicted molar refractivity (Wildman–Crippen MR) is 73.0 cm³/mol. The molecule has 1 aliphatic heterocycles. The SMILES string of the molecule is CC(CCCC(=O)O)NC(=O)NCC1CCCS1. The molecule has 0 aromatic rings. The Morgan fingerprint density at radius 2 is 2.28 bits per heavy atom. The third-order valence-electron chi connectivity index (χ3n) is 2.92. The van der Waals surface area contributed by atoms with Crippen molar-refractivity contribution in [1.82, 2.24) is 10.6 Å². The van der Waals surface area contributed by atoms with Crippen molar-refractivity contribution in [2.75, 3.05) is 12.3 Å². The lowest BCUT2D eigenvalue weighted by Gasteiger charge is -2.15. The first-order valence-corrected chi connectivity index (χ1v) is 7.50. The van der Waals surface area contributed by atoms with Gasteiger partial charge in [-0.1, -0.05) is 0 Å². The van der Waals surface area contributed by atoms with Crippen molar-refractivity contribution < 1.29 is 14.7 Å². The van der Waals surface area contributed by atoms with Gasteiger partial charge in [-0.2, -0.15) is 11.8 Å². The number of thioether (sulfide) groups is 1. The summed E-state index contributed by atoms with van der Waals surface area (Å²) >= 11 is 1.91. The van der Waals surface area contributed by atoms with Crippen LogP contribution in [0.1, 0.15) is 39.0 Å². The zero-order chi connectivity index (χ0) is 13.4. The number of carboxylic acids is 1. The average molecular weight is 274 g/mol. The molecule has 1 aliphatic rings. The Kier molecular flexibility index (Phi) is 6.93. The van der Waals surface area contributed by atoms with E-state index < -0.39 is 5.97 Å². The van der Waals surface area contributed by atoms with Crippen molar-refractivity contribution in [1.29, 1.82) is 0 Å². The van der Waals surface area contributed by atoms with Gasteiger partial charge in [-0.25, -0.2) is 4.79 Å². The highest BCUT2D eigenvalue weighted by Crippen LogP contribution is 2.25. The third-order valence-corrected chi connectivity index (χ3v) is 4.32. The van der Waals surface area contributed by atoms with Crippen LogP contribution in [-0.4, -0.2) is 40.7 Å². The molecule has 2 amide bonds. The number of hydrogen-bond acceptors (Lipinski definition) is 3. The van der Waals surface area contributed by atoms with Crippen molar-refractivity contribution >= 4 is 23.8 Å². The summed E-state index contributed by atoms with van der Waals surface area (Å²) in [6.07, 6.45) is 3.86. The summed E-state index contributed by atoms with van der Waals surface area (Å²) < 4.78 is 0. The molecular weight excluding hydrogens is 252 g/mol. The summed E-state index contributed by atoms with van der Waals surface area (Å²) in [7, 11) is 0. The number of carbonyl (C=O) groups is 2. The van der Waals surface area contributed by atoms with Crippen LogP contribution in [0.4, 0.5) is 4.79 Å². The molecule has 0 aromatic heterocycles. The minimum atomic E-state index is -0.787. The second kappa shape index (κ2) is 8.24.